The van der Waals surface area contributed by atoms with Crippen LogP contribution in [0.25, 0.3) is 0 Å². The van der Waals surface area contributed by atoms with Crippen LogP contribution < -0.4 is 10.2 Å². The molecule has 0 fully saturated rings. The molecular formula is C29H30F2N2O. The highest BCUT2D eigenvalue weighted by Gasteiger charge is 2.35. The first-order valence-electron chi connectivity index (χ1n) is 12.3. The monoisotopic (exact) mass is 460 g/mol. The third-order valence-electron chi connectivity index (χ3n) is 7.19. The molecule has 3 nitrogen and oxygen atoms in total. The predicted molar refractivity (Wildman–Crippen MR) is 132 cm³/mol. The number of rotatable bonds is 6. The zero-order valence-electron chi connectivity index (χ0n) is 19.5. The topological polar surface area (TPSA) is 32.3 Å². The number of hydrogen-bond acceptors (Lipinski definition) is 2. The number of carbonyl (C=O) groups excluding carboxylic acids is 1. The van der Waals surface area contributed by atoms with Crippen LogP contribution in [-0.4, -0.2) is 25.5 Å². The van der Waals surface area contributed by atoms with Gasteiger partial charge in [-0.2, -0.15) is 0 Å². The average Bonchev–Trinajstić information content (AvgIpc) is 2.84. The lowest BCUT2D eigenvalue weighted by Crippen LogP contribution is -2.38. The summed E-state index contributed by atoms with van der Waals surface area (Å²) in [5.74, 6) is -0.573. The van der Waals surface area contributed by atoms with Gasteiger partial charge in [-0.3, -0.25) is 4.79 Å². The number of hydrogen-bond donors (Lipinski definition) is 1. The van der Waals surface area contributed by atoms with E-state index >= 15 is 0 Å². The van der Waals surface area contributed by atoms with Crippen LogP contribution >= 0.6 is 0 Å². The fourth-order valence-electron chi connectivity index (χ4n) is 5.54. The second kappa shape index (κ2) is 9.57. The van der Waals surface area contributed by atoms with E-state index in [2.05, 4.69) is 17.1 Å². The molecule has 0 saturated heterocycles. The lowest BCUT2D eigenvalue weighted by atomic mass is 9.75. The van der Waals surface area contributed by atoms with E-state index in [-0.39, 0.29) is 29.4 Å². The van der Waals surface area contributed by atoms with E-state index in [0.29, 0.717) is 12.1 Å². The Bertz CT molecular complexity index is 1130. The lowest BCUT2D eigenvalue weighted by molar-refractivity contribution is 0.0953. The minimum atomic E-state index is -0.250. The summed E-state index contributed by atoms with van der Waals surface area (Å²) in [4.78, 5) is 15.5. The first-order valence-corrected chi connectivity index (χ1v) is 12.3. The van der Waals surface area contributed by atoms with Crippen molar-refractivity contribution in [3.8, 4) is 0 Å². The van der Waals surface area contributed by atoms with Gasteiger partial charge in [0.1, 0.15) is 11.6 Å². The molecule has 0 bridgehead atoms. The smallest absolute Gasteiger partial charge is 0.251 e. The van der Waals surface area contributed by atoms with Crippen molar-refractivity contribution in [2.75, 3.05) is 24.5 Å². The van der Waals surface area contributed by atoms with Crippen LogP contribution in [0.15, 0.2) is 60.7 Å². The predicted octanol–water partition coefficient (Wildman–Crippen LogP) is 6.37. The minimum Gasteiger partial charge on any atom is -0.371 e. The number of anilines is 1. The van der Waals surface area contributed by atoms with Crippen LogP contribution in [0.3, 0.4) is 0 Å². The molecule has 2 aliphatic rings. The maximum atomic E-state index is 14.1. The molecule has 176 valence electrons. The molecule has 2 heterocycles. The summed E-state index contributed by atoms with van der Waals surface area (Å²) in [5, 5.41) is 3.04. The standard InChI is InChI=1S/C29H30F2N2O/c1-2-3-12-32-29(34)21-17-26-24(19-6-4-8-22(30)15-19)10-13-33-14-11-25(27(18-21)28(26)33)20-7-5-9-23(31)16-20/h4-9,15-18,24-25H,2-3,10-14H2,1H3,(H,32,34). The molecular weight excluding hydrogens is 430 g/mol. The molecule has 5 heteroatoms. The number of halogens is 2. The van der Waals surface area contributed by atoms with Gasteiger partial charge in [-0.1, -0.05) is 37.6 Å². The SMILES string of the molecule is CCCCNC(=O)c1cc2c3c(c1)C(c1cccc(F)c1)CCN3CCC2c1cccc(F)c1. The molecule has 0 aliphatic carbocycles. The zero-order chi connectivity index (χ0) is 23.7. The molecule has 34 heavy (non-hydrogen) atoms. The summed E-state index contributed by atoms with van der Waals surface area (Å²) in [6.45, 7) is 4.48. The van der Waals surface area contributed by atoms with E-state index in [9.17, 15) is 13.6 Å². The highest BCUT2D eigenvalue weighted by atomic mass is 19.1. The van der Waals surface area contributed by atoms with E-state index in [4.69, 9.17) is 0 Å². The van der Waals surface area contributed by atoms with E-state index in [1.807, 2.05) is 24.3 Å². The third kappa shape index (κ3) is 4.31. The van der Waals surface area contributed by atoms with Gasteiger partial charge in [0, 0.05) is 42.7 Å². The Balaban J connectivity index is 1.65. The molecule has 5 rings (SSSR count). The van der Waals surface area contributed by atoms with Crippen molar-refractivity contribution in [1.82, 2.24) is 5.32 Å². The van der Waals surface area contributed by atoms with Gasteiger partial charge in [-0.25, -0.2) is 8.78 Å². The Morgan fingerprint density at radius 1 is 0.912 bits per heavy atom. The van der Waals surface area contributed by atoms with Crippen molar-refractivity contribution < 1.29 is 13.6 Å². The summed E-state index contributed by atoms with van der Waals surface area (Å²) >= 11 is 0. The lowest BCUT2D eigenvalue weighted by Gasteiger charge is -2.43. The average molecular weight is 461 g/mol. The van der Waals surface area contributed by atoms with Gasteiger partial charge in [-0.05, 0) is 77.9 Å². The maximum absolute atomic E-state index is 14.1. The quantitative estimate of drug-likeness (QED) is 0.434. The molecule has 0 spiro atoms. The van der Waals surface area contributed by atoms with Crippen molar-refractivity contribution in [2.24, 2.45) is 0 Å². The Morgan fingerprint density at radius 2 is 1.47 bits per heavy atom. The van der Waals surface area contributed by atoms with Gasteiger partial charge in [0.05, 0.1) is 0 Å². The van der Waals surface area contributed by atoms with E-state index in [1.165, 1.54) is 12.1 Å². The van der Waals surface area contributed by atoms with Crippen molar-refractivity contribution in [2.45, 2.75) is 44.4 Å². The van der Waals surface area contributed by atoms with E-state index in [0.717, 1.165) is 66.7 Å². The van der Waals surface area contributed by atoms with Crippen LogP contribution in [0, 0.1) is 11.6 Å². The van der Waals surface area contributed by atoms with Crippen LogP contribution in [0.5, 0.6) is 0 Å². The van der Waals surface area contributed by atoms with Gasteiger partial charge in [0.25, 0.3) is 5.91 Å². The number of unbranched alkanes of at least 4 members (excludes halogenated alkanes) is 1. The fraction of sp³-hybridized carbons (Fsp3) is 0.345. The van der Waals surface area contributed by atoms with Gasteiger partial charge in [-0.15, -0.1) is 0 Å². The Hall–Kier alpha value is -3.21. The summed E-state index contributed by atoms with van der Waals surface area (Å²) < 4.78 is 28.2. The van der Waals surface area contributed by atoms with Crippen LogP contribution in [0.1, 0.15) is 77.1 Å². The summed E-state index contributed by atoms with van der Waals surface area (Å²) in [6.07, 6.45) is 3.66. The number of benzene rings is 3. The summed E-state index contributed by atoms with van der Waals surface area (Å²) in [6, 6.07) is 17.6. The summed E-state index contributed by atoms with van der Waals surface area (Å²) in [5.41, 5.74) is 5.74. The molecule has 0 saturated carbocycles. The molecule has 1 amide bonds. The van der Waals surface area contributed by atoms with Crippen molar-refractivity contribution in [1.29, 1.82) is 0 Å². The van der Waals surface area contributed by atoms with Crippen molar-refractivity contribution in [3.05, 3.63) is 100 Å². The van der Waals surface area contributed by atoms with Crippen LogP contribution in [0.4, 0.5) is 14.5 Å². The van der Waals surface area contributed by atoms with Gasteiger partial charge in [0.2, 0.25) is 0 Å². The molecule has 0 radical (unpaired) electrons. The highest BCUT2D eigenvalue weighted by molar-refractivity contribution is 5.96. The van der Waals surface area contributed by atoms with Crippen LogP contribution in [-0.2, 0) is 0 Å². The number of nitrogens with one attached hydrogen (secondary N) is 1. The largest absolute Gasteiger partial charge is 0.371 e. The zero-order valence-corrected chi connectivity index (χ0v) is 19.5. The molecule has 1 N–H and O–H groups in total. The second-order valence-electron chi connectivity index (χ2n) is 9.39. The Morgan fingerprint density at radius 3 is 1.97 bits per heavy atom. The second-order valence-corrected chi connectivity index (χ2v) is 9.39. The molecule has 2 aliphatic heterocycles. The van der Waals surface area contributed by atoms with Crippen molar-refractivity contribution in [3.63, 3.8) is 0 Å². The van der Waals surface area contributed by atoms with Gasteiger partial charge in [0.15, 0.2) is 0 Å². The Labute approximate surface area is 199 Å². The van der Waals surface area contributed by atoms with Crippen LogP contribution in [0.2, 0.25) is 0 Å². The number of nitrogens with zero attached hydrogens (tertiary/aromatic N) is 1. The van der Waals surface area contributed by atoms with Crippen molar-refractivity contribution >= 4 is 11.6 Å². The number of carbonyl (C=O) groups is 1. The normalized spacial score (nSPS) is 19.0. The molecule has 2 atom stereocenters. The molecule has 3 aromatic carbocycles. The van der Waals surface area contributed by atoms with E-state index < -0.39 is 0 Å². The summed E-state index contributed by atoms with van der Waals surface area (Å²) in [7, 11) is 0. The van der Waals surface area contributed by atoms with Gasteiger partial charge >= 0.3 is 0 Å². The fourth-order valence-corrected chi connectivity index (χ4v) is 5.54. The third-order valence-corrected chi connectivity index (χ3v) is 7.19. The first-order chi connectivity index (χ1) is 16.5. The molecule has 3 aromatic rings. The van der Waals surface area contributed by atoms with E-state index in [1.54, 1.807) is 24.3 Å². The maximum Gasteiger partial charge on any atom is 0.251 e. The number of amides is 1. The highest BCUT2D eigenvalue weighted by Crippen LogP contribution is 2.49. The Kier molecular flexibility index (Phi) is 6.36. The minimum absolute atomic E-state index is 0.00958. The van der Waals surface area contributed by atoms with Gasteiger partial charge < -0.3 is 10.2 Å². The first kappa shape index (κ1) is 22.6. The molecule has 0 aromatic heterocycles. The molecule has 2 unspecified atom stereocenters.